The van der Waals surface area contributed by atoms with Crippen molar-refractivity contribution in [3.8, 4) is 0 Å². The number of hydrogen-bond acceptors (Lipinski definition) is 6. The van der Waals surface area contributed by atoms with Crippen LogP contribution in [0, 0.1) is 0 Å². The molecule has 2 aliphatic rings. The van der Waals surface area contributed by atoms with E-state index in [-0.39, 0.29) is 12.3 Å². The standard InChI is InChI=1S/C21H29N5O3/c1-4-15(2)20-23-21(29)17-7-6-16(14-18(17)26(20)22-3)25-10-5-9-24(12-13-25)11-8-19(27)28/h6-7,14H,3-5,8-13H2,1-2H3,(H,23,29)(H,27,28)/b20-15-. The average molecular weight is 399 g/mol. The van der Waals surface area contributed by atoms with Crippen LogP contribution in [0.4, 0.5) is 11.4 Å². The van der Waals surface area contributed by atoms with E-state index >= 15 is 0 Å². The summed E-state index contributed by atoms with van der Waals surface area (Å²) >= 11 is 0. The lowest BCUT2D eigenvalue weighted by molar-refractivity contribution is -0.137. The maximum absolute atomic E-state index is 12.6. The number of nitrogens with one attached hydrogen (secondary N) is 1. The van der Waals surface area contributed by atoms with Gasteiger partial charge in [-0.2, -0.15) is 5.10 Å². The van der Waals surface area contributed by atoms with Gasteiger partial charge in [0.05, 0.1) is 17.7 Å². The van der Waals surface area contributed by atoms with Crippen molar-refractivity contribution in [3.63, 3.8) is 0 Å². The first-order chi connectivity index (χ1) is 13.9. The average Bonchev–Trinajstić information content (AvgIpc) is 2.97. The molecule has 0 radical (unpaired) electrons. The van der Waals surface area contributed by atoms with Crippen molar-refractivity contribution in [2.24, 2.45) is 5.10 Å². The van der Waals surface area contributed by atoms with Crippen molar-refractivity contribution in [3.05, 3.63) is 35.2 Å². The zero-order valence-electron chi connectivity index (χ0n) is 17.1. The van der Waals surface area contributed by atoms with E-state index in [1.165, 1.54) is 0 Å². The Morgan fingerprint density at radius 2 is 2.07 bits per heavy atom. The van der Waals surface area contributed by atoms with Gasteiger partial charge in [-0.1, -0.05) is 6.92 Å². The Morgan fingerprint density at radius 3 is 2.76 bits per heavy atom. The summed E-state index contributed by atoms with van der Waals surface area (Å²) in [6, 6.07) is 5.80. The number of hydrazone groups is 1. The fourth-order valence-electron chi connectivity index (χ4n) is 3.74. The highest BCUT2D eigenvalue weighted by Gasteiger charge is 2.28. The summed E-state index contributed by atoms with van der Waals surface area (Å²) in [5.74, 6) is -0.222. The number of allylic oxidation sites excluding steroid dienone is 1. The Morgan fingerprint density at radius 1 is 1.28 bits per heavy atom. The molecule has 0 aromatic heterocycles. The Hall–Kier alpha value is -2.87. The van der Waals surface area contributed by atoms with Crippen molar-refractivity contribution < 1.29 is 14.7 Å². The summed E-state index contributed by atoms with van der Waals surface area (Å²) in [6.45, 7) is 11.7. The van der Waals surface area contributed by atoms with Crippen molar-refractivity contribution in [2.45, 2.75) is 33.1 Å². The summed E-state index contributed by atoms with van der Waals surface area (Å²) in [5, 5.41) is 17.7. The molecule has 29 heavy (non-hydrogen) atoms. The number of rotatable bonds is 6. The van der Waals surface area contributed by atoms with E-state index in [0.717, 1.165) is 56.0 Å². The van der Waals surface area contributed by atoms with Crippen LogP contribution in [0.3, 0.4) is 0 Å². The normalized spacial score (nSPS) is 19.3. The first-order valence-corrected chi connectivity index (χ1v) is 10.1. The third-order valence-corrected chi connectivity index (χ3v) is 5.57. The molecule has 0 bridgehead atoms. The molecule has 0 aliphatic carbocycles. The van der Waals surface area contributed by atoms with Crippen LogP contribution in [0.2, 0.25) is 0 Å². The molecule has 2 N–H and O–H groups in total. The molecule has 156 valence electrons. The van der Waals surface area contributed by atoms with Gasteiger partial charge in [-0.05, 0) is 50.1 Å². The molecular weight excluding hydrogens is 370 g/mol. The van der Waals surface area contributed by atoms with Gasteiger partial charge in [0.2, 0.25) is 0 Å². The van der Waals surface area contributed by atoms with Crippen molar-refractivity contribution in [1.29, 1.82) is 0 Å². The summed E-state index contributed by atoms with van der Waals surface area (Å²) in [6.07, 6.45) is 1.93. The molecule has 1 amide bonds. The molecule has 1 aromatic carbocycles. The zero-order valence-corrected chi connectivity index (χ0v) is 17.1. The largest absolute Gasteiger partial charge is 0.481 e. The molecule has 2 heterocycles. The highest BCUT2D eigenvalue weighted by Crippen LogP contribution is 2.34. The number of carbonyl (C=O) groups excluding carboxylic acids is 1. The van der Waals surface area contributed by atoms with Gasteiger partial charge in [-0.25, -0.2) is 5.01 Å². The van der Waals surface area contributed by atoms with Crippen LogP contribution < -0.4 is 15.2 Å². The fourth-order valence-corrected chi connectivity index (χ4v) is 3.74. The SMILES string of the molecule is C=NN1/C(=C(/C)CC)NC(=O)c2ccc(N3CCCN(CCC(=O)O)CC3)cc21. The number of carboxylic acid groups (broad SMARTS) is 1. The third kappa shape index (κ3) is 4.59. The zero-order chi connectivity index (χ0) is 21.0. The minimum Gasteiger partial charge on any atom is -0.481 e. The van der Waals surface area contributed by atoms with Gasteiger partial charge in [0.1, 0.15) is 5.82 Å². The van der Waals surface area contributed by atoms with E-state index in [1.807, 2.05) is 32.0 Å². The van der Waals surface area contributed by atoms with E-state index < -0.39 is 5.97 Å². The van der Waals surface area contributed by atoms with Gasteiger partial charge in [-0.3, -0.25) is 9.59 Å². The molecule has 1 saturated heterocycles. The molecule has 0 unspecified atom stereocenters. The molecule has 1 fully saturated rings. The molecule has 3 rings (SSSR count). The number of aliphatic carboxylic acids is 1. The van der Waals surface area contributed by atoms with Gasteiger partial charge in [0, 0.05) is 38.6 Å². The molecule has 0 atom stereocenters. The lowest BCUT2D eigenvalue weighted by Gasteiger charge is -2.32. The van der Waals surface area contributed by atoms with Crippen molar-refractivity contribution in [1.82, 2.24) is 10.2 Å². The number of amides is 1. The van der Waals surface area contributed by atoms with Crippen LogP contribution in [-0.2, 0) is 4.79 Å². The second-order valence-electron chi connectivity index (χ2n) is 7.42. The van der Waals surface area contributed by atoms with Crippen LogP contribution in [-0.4, -0.2) is 61.3 Å². The van der Waals surface area contributed by atoms with Crippen LogP contribution >= 0.6 is 0 Å². The highest BCUT2D eigenvalue weighted by atomic mass is 16.4. The summed E-state index contributed by atoms with van der Waals surface area (Å²) in [7, 11) is 0. The summed E-state index contributed by atoms with van der Waals surface area (Å²) < 4.78 is 0. The van der Waals surface area contributed by atoms with Crippen molar-refractivity contribution in [2.75, 3.05) is 42.6 Å². The van der Waals surface area contributed by atoms with Gasteiger partial charge >= 0.3 is 5.97 Å². The highest BCUT2D eigenvalue weighted by molar-refractivity contribution is 6.04. The van der Waals surface area contributed by atoms with Gasteiger partial charge in [0.25, 0.3) is 5.91 Å². The minimum absolute atomic E-state index is 0.134. The van der Waals surface area contributed by atoms with Crippen LogP contribution in [0.5, 0.6) is 0 Å². The Kier molecular flexibility index (Phi) is 6.53. The monoisotopic (exact) mass is 399 g/mol. The molecule has 8 heteroatoms. The number of fused-ring (bicyclic) bond motifs is 1. The Labute approximate surface area is 171 Å². The molecule has 2 aliphatic heterocycles. The molecule has 8 nitrogen and oxygen atoms in total. The number of benzene rings is 1. The first-order valence-electron chi connectivity index (χ1n) is 10.1. The van der Waals surface area contributed by atoms with Crippen LogP contribution in [0.25, 0.3) is 0 Å². The maximum atomic E-state index is 12.6. The van der Waals surface area contributed by atoms with Crippen LogP contribution in [0.15, 0.2) is 34.7 Å². The smallest absolute Gasteiger partial charge is 0.304 e. The molecular formula is C21H29N5O3. The van der Waals surface area contributed by atoms with E-state index in [1.54, 1.807) is 5.01 Å². The second-order valence-corrected chi connectivity index (χ2v) is 7.42. The third-order valence-electron chi connectivity index (χ3n) is 5.57. The van der Waals surface area contributed by atoms with Gasteiger partial charge in [0.15, 0.2) is 0 Å². The summed E-state index contributed by atoms with van der Waals surface area (Å²) in [5.41, 5.74) is 3.37. The summed E-state index contributed by atoms with van der Waals surface area (Å²) in [4.78, 5) is 27.9. The lowest BCUT2D eigenvalue weighted by Crippen LogP contribution is -2.39. The maximum Gasteiger partial charge on any atom is 0.304 e. The van der Waals surface area contributed by atoms with Crippen molar-refractivity contribution >= 4 is 30.0 Å². The van der Waals surface area contributed by atoms with E-state index in [2.05, 4.69) is 26.9 Å². The van der Waals surface area contributed by atoms with Gasteiger partial charge < -0.3 is 20.2 Å². The topological polar surface area (TPSA) is 88.5 Å². The second kappa shape index (κ2) is 9.09. The number of nitrogens with zero attached hydrogens (tertiary/aromatic N) is 4. The molecule has 0 saturated carbocycles. The fraction of sp³-hybridized carbons (Fsp3) is 0.476. The quantitative estimate of drug-likeness (QED) is 0.715. The minimum atomic E-state index is -0.762. The predicted molar refractivity (Wildman–Crippen MR) is 114 cm³/mol. The Balaban J connectivity index is 1.84. The lowest BCUT2D eigenvalue weighted by atomic mass is 10.1. The number of hydrogen-bond donors (Lipinski definition) is 2. The number of carbonyl (C=O) groups is 2. The molecule has 1 aromatic rings. The van der Waals surface area contributed by atoms with Gasteiger partial charge in [-0.15, -0.1) is 0 Å². The number of carboxylic acids is 1. The first kappa shape index (κ1) is 20.9. The predicted octanol–water partition coefficient (Wildman–Crippen LogP) is 2.48. The molecule has 0 spiro atoms. The Bertz CT molecular complexity index is 836. The van der Waals surface area contributed by atoms with Crippen LogP contribution in [0.1, 0.15) is 43.5 Å². The van der Waals surface area contributed by atoms with E-state index in [4.69, 9.17) is 5.11 Å². The van der Waals surface area contributed by atoms with E-state index in [0.29, 0.717) is 17.9 Å². The van der Waals surface area contributed by atoms with E-state index in [9.17, 15) is 9.59 Å². The number of anilines is 2.